The first kappa shape index (κ1) is 12.2. The van der Waals surface area contributed by atoms with Gasteiger partial charge in [0.15, 0.2) is 0 Å². The molecule has 0 bridgehead atoms. The van der Waals surface area contributed by atoms with Crippen molar-refractivity contribution in [3.05, 3.63) is 48.0 Å². The molecule has 1 heterocycles. The molecule has 20 heavy (non-hydrogen) atoms. The lowest BCUT2D eigenvalue weighted by Crippen LogP contribution is -1.87. The molecule has 3 rings (SSSR count). The van der Waals surface area contributed by atoms with Crippen molar-refractivity contribution >= 4 is 5.69 Å². The Morgan fingerprint density at radius 3 is 2.70 bits per heavy atom. The van der Waals surface area contributed by atoms with Crippen molar-refractivity contribution in [2.45, 2.75) is 6.92 Å². The summed E-state index contributed by atoms with van der Waals surface area (Å²) in [6.45, 7) is 1.99. The lowest BCUT2D eigenvalue weighted by atomic mass is 10.1. The van der Waals surface area contributed by atoms with E-state index in [4.69, 9.17) is 10.3 Å². The van der Waals surface area contributed by atoms with Crippen molar-refractivity contribution in [2.24, 2.45) is 0 Å². The number of nitrogens with two attached hydrogens (primary N) is 1. The van der Waals surface area contributed by atoms with Gasteiger partial charge in [0, 0.05) is 11.1 Å². The summed E-state index contributed by atoms with van der Waals surface area (Å²) in [5, 5.41) is 13.4. The molecule has 3 N–H and O–H groups in total. The number of aromatic nitrogens is 2. The normalized spacial score (nSPS) is 10.7. The topological polar surface area (TPSA) is 85.2 Å². The highest BCUT2D eigenvalue weighted by atomic mass is 16.5. The van der Waals surface area contributed by atoms with Gasteiger partial charge in [-0.05, 0) is 30.7 Å². The highest BCUT2D eigenvalue weighted by molar-refractivity contribution is 5.67. The molecule has 3 aromatic rings. The van der Waals surface area contributed by atoms with Gasteiger partial charge in [0.05, 0.1) is 5.69 Å². The maximum Gasteiger partial charge on any atom is 0.258 e. The molecule has 1 aromatic heterocycles. The number of hydrogen-bond acceptors (Lipinski definition) is 5. The van der Waals surface area contributed by atoms with E-state index >= 15 is 0 Å². The molecule has 0 fully saturated rings. The van der Waals surface area contributed by atoms with E-state index in [1.54, 1.807) is 12.1 Å². The van der Waals surface area contributed by atoms with Crippen LogP contribution in [0.3, 0.4) is 0 Å². The predicted molar refractivity (Wildman–Crippen MR) is 76.0 cm³/mol. The maximum absolute atomic E-state index is 9.42. The van der Waals surface area contributed by atoms with Crippen molar-refractivity contribution in [2.75, 3.05) is 5.73 Å². The zero-order valence-corrected chi connectivity index (χ0v) is 10.9. The third-order valence-electron chi connectivity index (χ3n) is 3.09. The quantitative estimate of drug-likeness (QED) is 0.550. The van der Waals surface area contributed by atoms with Gasteiger partial charge in [0.25, 0.3) is 5.89 Å². The van der Waals surface area contributed by atoms with E-state index in [0.29, 0.717) is 17.3 Å². The van der Waals surface area contributed by atoms with Crippen LogP contribution in [0.2, 0.25) is 0 Å². The van der Waals surface area contributed by atoms with Crippen LogP contribution < -0.4 is 5.73 Å². The molecule has 0 saturated carbocycles. The third kappa shape index (κ3) is 2.09. The minimum atomic E-state index is 0.0346. The Kier molecular flexibility index (Phi) is 2.87. The van der Waals surface area contributed by atoms with Crippen molar-refractivity contribution in [1.29, 1.82) is 0 Å². The lowest BCUT2D eigenvalue weighted by Gasteiger charge is -2.00. The van der Waals surface area contributed by atoms with Crippen molar-refractivity contribution in [3.63, 3.8) is 0 Å². The molecule has 0 aliphatic rings. The lowest BCUT2D eigenvalue weighted by molar-refractivity contribution is 0.432. The molecule has 0 unspecified atom stereocenters. The Hall–Kier alpha value is -2.82. The first-order valence-electron chi connectivity index (χ1n) is 6.14. The largest absolute Gasteiger partial charge is 0.506 e. The van der Waals surface area contributed by atoms with E-state index < -0.39 is 0 Å². The fourth-order valence-corrected chi connectivity index (χ4v) is 1.96. The van der Waals surface area contributed by atoms with Crippen LogP contribution in [-0.4, -0.2) is 15.2 Å². The fraction of sp³-hybridized carbons (Fsp3) is 0.0667. The second kappa shape index (κ2) is 4.70. The first-order chi connectivity index (χ1) is 9.65. The van der Waals surface area contributed by atoms with Crippen molar-refractivity contribution in [3.8, 4) is 28.6 Å². The number of phenols is 1. The average Bonchev–Trinajstić information content (AvgIpc) is 2.92. The van der Waals surface area contributed by atoms with Gasteiger partial charge in [-0.1, -0.05) is 29.4 Å². The van der Waals surface area contributed by atoms with Crippen molar-refractivity contribution in [1.82, 2.24) is 10.1 Å². The molecule has 0 aliphatic heterocycles. The molecule has 5 heteroatoms. The first-order valence-corrected chi connectivity index (χ1v) is 6.14. The summed E-state index contributed by atoms with van der Waals surface area (Å²) in [5.74, 6) is 0.937. The summed E-state index contributed by atoms with van der Waals surface area (Å²) in [6.07, 6.45) is 0. The number of nitrogens with zero attached hydrogens (tertiary/aromatic N) is 2. The smallest absolute Gasteiger partial charge is 0.258 e. The third-order valence-corrected chi connectivity index (χ3v) is 3.09. The van der Waals surface area contributed by atoms with Crippen molar-refractivity contribution < 1.29 is 9.63 Å². The van der Waals surface area contributed by atoms with Crippen LogP contribution >= 0.6 is 0 Å². The number of nitrogen functional groups attached to an aromatic ring is 1. The standard InChI is InChI=1S/C15H13N3O2/c1-9-4-2-3-5-11(9)14-17-15(20-18-14)10-6-7-13(19)12(16)8-10/h2-8,19H,16H2,1H3. The summed E-state index contributed by atoms with van der Waals surface area (Å²) in [5.41, 5.74) is 8.61. The Balaban J connectivity index is 2.02. The van der Waals surface area contributed by atoms with Crippen LogP contribution in [0.5, 0.6) is 5.75 Å². The average molecular weight is 267 g/mol. The van der Waals surface area contributed by atoms with E-state index in [1.807, 2.05) is 31.2 Å². The number of rotatable bonds is 2. The van der Waals surface area contributed by atoms with Gasteiger partial charge < -0.3 is 15.4 Å². The second-order valence-corrected chi connectivity index (χ2v) is 4.51. The van der Waals surface area contributed by atoms with Gasteiger partial charge in [0.1, 0.15) is 5.75 Å². The van der Waals surface area contributed by atoms with Crippen LogP contribution in [0.4, 0.5) is 5.69 Å². The molecule has 0 aliphatic carbocycles. The van der Waals surface area contributed by atoms with Crippen LogP contribution in [0.25, 0.3) is 22.8 Å². The van der Waals surface area contributed by atoms with Crippen LogP contribution in [0, 0.1) is 6.92 Å². The van der Waals surface area contributed by atoms with Gasteiger partial charge in [-0.15, -0.1) is 0 Å². The summed E-state index contributed by atoms with van der Waals surface area (Å²) in [4.78, 5) is 4.37. The molecular weight excluding hydrogens is 254 g/mol. The molecule has 0 spiro atoms. The SMILES string of the molecule is Cc1ccccc1-c1noc(-c2ccc(O)c(N)c2)n1. The molecule has 0 radical (unpaired) electrons. The second-order valence-electron chi connectivity index (χ2n) is 4.51. The van der Waals surface area contributed by atoms with E-state index in [-0.39, 0.29) is 11.4 Å². The van der Waals surface area contributed by atoms with Gasteiger partial charge in [-0.3, -0.25) is 0 Å². The summed E-state index contributed by atoms with van der Waals surface area (Å²) >= 11 is 0. The molecule has 0 saturated heterocycles. The molecule has 0 amide bonds. The molecule has 0 atom stereocenters. The van der Waals surface area contributed by atoms with Crippen LogP contribution in [0.1, 0.15) is 5.56 Å². The summed E-state index contributed by atoms with van der Waals surface area (Å²) in [6, 6.07) is 12.6. The molecule has 5 nitrogen and oxygen atoms in total. The number of anilines is 1. The van der Waals surface area contributed by atoms with Gasteiger partial charge in [-0.25, -0.2) is 0 Å². The van der Waals surface area contributed by atoms with E-state index in [1.165, 1.54) is 6.07 Å². The van der Waals surface area contributed by atoms with Gasteiger partial charge in [-0.2, -0.15) is 4.98 Å². The predicted octanol–water partition coefficient (Wildman–Crippen LogP) is 3.00. The van der Waals surface area contributed by atoms with E-state index in [2.05, 4.69) is 10.1 Å². The number of aromatic hydroxyl groups is 1. The van der Waals surface area contributed by atoms with Crippen LogP contribution in [0.15, 0.2) is 47.0 Å². The molecule has 2 aromatic carbocycles. The fourth-order valence-electron chi connectivity index (χ4n) is 1.96. The number of phenolic OH excluding ortho intramolecular Hbond substituents is 1. The zero-order valence-electron chi connectivity index (χ0n) is 10.9. The highest BCUT2D eigenvalue weighted by Crippen LogP contribution is 2.28. The van der Waals surface area contributed by atoms with E-state index in [9.17, 15) is 5.11 Å². The Morgan fingerprint density at radius 2 is 1.95 bits per heavy atom. The minimum absolute atomic E-state index is 0.0346. The Bertz CT molecular complexity index is 765. The number of hydrogen-bond donors (Lipinski definition) is 2. The summed E-state index contributed by atoms with van der Waals surface area (Å²) < 4.78 is 5.26. The number of aryl methyl sites for hydroxylation is 1. The monoisotopic (exact) mass is 267 g/mol. The molecule has 100 valence electrons. The van der Waals surface area contributed by atoms with Gasteiger partial charge >= 0.3 is 0 Å². The highest BCUT2D eigenvalue weighted by Gasteiger charge is 2.12. The van der Waals surface area contributed by atoms with E-state index in [0.717, 1.165) is 11.1 Å². The Morgan fingerprint density at radius 1 is 1.15 bits per heavy atom. The van der Waals surface area contributed by atoms with Gasteiger partial charge in [0.2, 0.25) is 5.82 Å². The van der Waals surface area contributed by atoms with Crippen LogP contribution in [-0.2, 0) is 0 Å². The number of benzene rings is 2. The zero-order chi connectivity index (χ0) is 14.1. The molecular formula is C15H13N3O2. The maximum atomic E-state index is 9.42. The minimum Gasteiger partial charge on any atom is -0.506 e. The Labute approximate surface area is 115 Å². The summed E-state index contributed by atoms with van der Waals surface area (Å²) in [7, 11) is 0.